The van der Waals surface area contributed by atoms with Gasteiger partial charge in [0.25, 0.3) is 5.92 Å². The molecule has 1 saturated heterocycles. The lowest BCUT2D eigenvalue weighted by Gasteiger charge is -2.26. The molecule has 1 aromatic carbocycles. The van der Waals surface area contributed by atoms with Gasteiger partial charge in [0.15, 0.2) is 11.6 Å². The zero-order chi connectivity index (χ0) is 21.8. The number of fused-ring (bicyclic) bond motifs is 1. The van der Waals surface area contributed by atoms with Crippen LogP contribution in [0.3, 0.4) is 0 Å². The zero-order valence-corrected chi connectivity index (χ0v) is 16.2. The number of methoxy groups -OCH3 is 1. The Balaban J connectivity index is 1.92. The van der Waals surface area contributed by atoms with Gasteiger partial charge in [-0.1, -0.05) is 0 Å². The molecule has 0 radical (unpaired) electrons. The number of aliphatic hydroxyl groups excluding tert-OH is 1. The van der Waals surface area contributed by atoms with Crippen molar-refractivity contribution in [3.8, 4) is 5.75 Å². The monoisotopic (exact) mass is 426 g/mol. The number of nitrogens with zero attached hydrogens (tertiary/aromatic N) is 2. The number of hydrogen-bond donors (Lipinski definition) is 2. The molecule has 1 aliphatic heterocycles. The van der Waals surface area contributed by atoms with Crippen molar-refractivity contribution in [1.82, 2.24) is 4.57 Å². The van der Waals surface area contributed by atoms with Gasteiger partial charge < -0.3 is 24.4 Å². The van der Waals surface area contributed by atoms with Crippen LogP contribution in [-0.4, -0.2) is 53.5 Å². The van der Waals surface area contributed by atoms with E-state index in [-0.39, 0.29) is 47.9 Å². The van der Waals surface area contributed by atoms with Crippen LogP contribution in [0.2, 0.25) is 0 Å². The summed E-state index contributed by atoms with van der Waals surface area (Å²) >= 11 is 0. The molecular weight excluding hydrogens is 405 g/mol. The summed E-state index contributed by atoms with van der Waals surface area (Å²) in [5, 5.41) is 18.2. The van der Waals surface area contributed by atoms with Gasteiger partial charge in [0.05, 0.1) is 18.0 Å². The van der Waals surface area contributed by atoms with Gasteiger partial charge in [0.2, 0.25) is 5.43 Å². The van der Waals surface area contributed by atoms with Crippen molar-refractivity contribution < 1.29 is 32.9 Å². The molecule has 2 N–H and O–H groups in total. The Morgan fingerprint density at radius 2 is 2.03 bits per heavy atom. The van der Waals surface area contributed by atoms with Crippen LogP contribution in [0.25, 0.3) is 10.9 Å². The van der Waals surface area contributed by atoms with Gasteiger partial charge in [0.1, 0.15) is 17.9 Å². The number of anilines is 1. The van der Waals surface area contributed by atoms with Crippen molar-refractivity contribution >= 4 is 22.6 Å². The van der Waals surface area contributed by atoms with E-state index in [4.69, 9.17) is 9.84 Å². The number of pyridine rings is 1. The van der Waals surface area contributed by atoms with Crippen molar-refractivity contribution in [1.29, 1.82) is 0 Å². The zero-order valence-electron chi connectivity index (χ0n) is 16.2. The van der Waals surface area contributed by atoms with Gasteiger partial charge in [0, 0.05) is 31.2 Å². The summed E-state index contributed by atoms with van der Waals surface area (Å²) in [4.78, 5) is 25.6. The summed E-state index contributed by atoms with van der Waals surface area (Å²) < 4.78 is 50.1. The average molecular weight is 426 g/mol. The van der Waals surface area contributed by atoms with Crippen molar-refractivity contribution in [2.45, 2.75) is 31.2 Å². The first-order chi connectivity index (χ1) is 14.2. The number of aromatic carboxylic acids is 1. The molecule has 1 aromatic heterocycles. The maximum absolute atomic E-state index is 15.1. The van der Waals surface area contributed by atoms with Crippen LogP contribution in [0.4, 0.5) is 18.9 Å². The maximum Gasteiger partial charge on any atom is 0.341 e. The first kappa shape index (κ1) is 20.5. The number of alkyl halides is 2. The van der Waals surface area contributed by atoms with Crippen molar-refractivity contribution in [3.63, 3.8) is 0 Å². The van der Waals surface area contributed by atoms with Gasteiger partial charge in [-0.2, -0.15) is 0 Å². The normalized spacial score (nSPS) is 19.5. The van der Waals surface area contributed by atoms with E-state index in [2.05, 4.69) is 0 Å². The molecule has 2 heterocycles. The smallest absolute Gasteiger partial charge is 0.341 e. The van der Waals surface area contributed by atoms with E-state index in [1.807, 2.05) is 0 Å². The third kappa shape index (κ3) is 3.19. The van der Waals surface area contributed by atoms with E-state index in [1.54, 1.807) is 4.57 Å². The van der Waals surface area contributed by atoms with Crippen LogP contribution >= 0.6 is 0 Å². The molecular formula is C20H21F3N2O5. The number of aliphatic hydroxyl groups is 1. The van der Waals surface area contributed by atoms with Crippen LogP contribution in [-0.2, 0) is 0 Å². The second-order valence-electron chi connectivity index (χ2n) is 7.80. The molecule has 2 fully saturated rings. The molecule has 7 nitrogen and oxygen atoms in total. The van der Waals surface area contributed by atoms with Gasteiger partial charge in [-0.05, 0) is 25.3 Å². The van der Waals surface area contributed by atoms with Crippen LogP contribution in [0.15, 0.2) is 17.1 Å². The lowest BCUT2D eigenvalue weighted by atomic mass is 10.0. The number of rotatable bonds is 6. The third-order valence-corrected chi connectivity index (χ3v) is 5.89. The highest BCUT2D eigenvalue weighted by atomic mass is 19.3. The fourth-order valence-electron chi connectivity index (χ4n) is 4.16. The predicted molar refractivity (Wildman–Crippen MR) is 102 cm³/mol. The summed E-state index contributed by atoms with van der Waals surface area (Å²) in [5.41, 5.74) is -1.08. The van der Waals surface area contributed by atoms with Gasteiger partial charge >= 0.3 is 5.97 Å². The number of carbonyl (C=O) groups is 1. The third-order valence-electron chi connectivity index (χ3n) is 5.89. The minimum absolute atomic E-state index is 0.0129. The van der Waals surface area contributed by atoms with Gasteiger partial charge in [-0.15, -0.1) is 0 Å². The minimum atomic E-state index is -3.29. The van der Waals surface area contributed by atoms with Gasteiger partial charge in [-0.3, -0.25) is 4.79 Å². The lowest BCUT2D eigenvalue weighted by Crippen LogP contribution is -2.34. The molecule has 1 atom stereocenters. The Morgan fingerprint density at radius 3 is 2.60 bits per heavy atom. The molecule has 1 saturated carbocycles. The average Bonchev–Trinajstić information content (AvgIpc) is 3.43. The molecule has 1 aliphatic carbocycles. The summed E-state index contributed by atoms with van der Waals surface area (Å²) in [6.45, 7) is -1.35. The predicted octanol–water partition coefficient (Wildman–Crippen LogP) is 2.64. The quantitative estimate of drug-likeness (QED) is 0.738. The lowest BCUT2D eigenvalue weighted by molar-refractivity contribution is -0.0908. The largest absolute Gasteiger partial charge is 0.492 e. The van der Waals surface area contributed by atoms with E-state index in [0.717, 1.165) is 18.9 Å². The highest BCUT2D eigenvalue weighted by Gasteiger charge is 2.44. The molecule has 162 valence electrons. The Labute approximate surface area is 169 Å². The number of carboxylic acids is 1. The van der Waals surface area contributed by atoms with Crippen LogP contribution in [0, 0.1) is 11.7 Å². The molecule has 0 amide bonds. The van der Waals surface area contributed by atoms with E-state index in [0.29, 0.717) is 0 Å². The van der Waals surface area contributed by atoms with E-state index < -0.39 is 41.2 Å². The molecule has 2 aliphatic rings. The Kier molecular flexibility index (Phi) is 4.92. The molecule has 0 bridgehead atoms. The molecule has 1 unspecified atom stereocenters. The summed E-state index contributed by atoms with van der Waals surface area (Å²) in [6, 6.07) is 0.904. The Bertz CT molecular complexity index is 1080. The minimum Gasteiger partial charge on any atom is -0.492 e. The number of carboxylic acid groups (broad SMARTS) is 1. The molecule has 30 heavy (non-hydrogen) atoms. The maximum atomic E-state index is 15.1. The fraction of sp³-hybridized carbons (Fsp3) is 0.500. The SMILES string of the molecule is COc1c(N2CCC(C(F)(F)CO)C2)c(F)cc2c(=O)c(C(=O)O)cn(C3CC3)c12. The molecule has 0 spiro atoms. The first-order valence-electron chi connectivity index (χ1n) is 9.61. The second kappa shape index (κ2) is 7.19. The van der Waals surface area contributed by atoms with Gasteiger partial charge in [-0.25, -0.2) is 18.0 Å². The molecule has 10 heteroatoms. The molecule has 2 aromatic rings. The van der Waals surface area contributed by atoms with Crippen LogP contribution in [0.5, 0.6) is 5.75 Å². The first-order valence-corrected chi connectivity index (χ1v) is 9.61. The molecule has 4 rings (SSSR count). The van der Waals surface area contributed by atoms with E-state index in [9.17, 15) is 23.5 Å². The number of ether oxygens (including phenoxy) is 1. The Morgan fingerprint density at radius 1 is 1.33 bits per heavy atom. The standard InChI is InChI=1S/C20H21F3N2O5/c1-30-18-15-12(17(27)13(19(28)29)8-25(15)11-2-3-11)6-14(21)16(18)24-5-4-10(7-24)20(22,23)9-26/h6,8,10-11,26H,2-5,7,9H2,1H3,(H,28,29). The van der Waals surface area contributed by atoms with Crippen molar-refractivity contribution in [3.05, 3.63) is 33.9 Å². The number of halogens is 3. The fourth-order valence-corrected chi connectivity index (χ4v) is 4.16. The topological polar surface area (TPSA) is 92.0 Å². The van der Waals surface area contributed by atoms with Crippen LogP contribution < -0.4 is 15.1 Å². The highest BCUT2D eigenvalue weighted by Crippen LogP contribution is 2.45. The second-order valence-corrected chi connectivity index (χ2v) is 7.80. The summed E-state index contributed by atoms with van der Waals surface area (Å²) in [6.07, 6.45) is 2.83. The highest BCUT2D eigenvalue weighted by molar-refractivity contribution is 5.97. The van der Waals surface area contributed by atoms with Crippen molar-refractivity contribution in [2.75, 3.05) is 31.7 Å². The van der Waals surface area contributed by atoms with E-state index in [1.165, 1.54) is 18.2 Å². The van der Waals surface area contributed by atoms with Crippen LogP contribution in [0.1, 0.15) is 35.7 Å². The summed E-state index contributed by atoms with van der Waals surface area (Å²) in [5.74, 6) is -6.69. The summed E-state index contributed by atoms with van der Waals surface area (Å²) in [7, 11) is 1.29. The van der Waals surface area contributed by atoms with Crippen molar-refractivity contribution in [2.24, 2.45) is 5.92 Å². The number of aromatic nitrogens is 1. The van der Waals surface area contributed by atoms with E-state index >= 15 is 4.39 Å². The number of hydrogen-bond acceptors (Lipinski definition) is 5. The Hall–Kier alpha value is -2.75. The number of benzene rings is 1.